The summed E-state index contributed by atoms with van der Waals surface area (Å²) < 4.78 is 0. The van der Waals surface area contributed by atoms with E-state index in [2.05, 4.69) is 0 Å². The fraction of sp³-hybridized carbons (Fsp3) is 0.222. The van der Waals surface area contributed by atoms with E-state index in [-0.39, 0.29) is 5.78 Å². The molecule has 0 aliphatic carbocycles. The highest BCUT2D eigenvalue weighted by molar-refractivity contribution is 8.00. The Morgan fingerprint density at radius 1 is 1.36 bits per heavy atom. The quantitative estimate of drug-likeness (QED) is 0.544. The van der Waals surface area contributed by atoms with E-state index in [4.69, 9.17) is 10.0 Å². The van der Waals surface area contributed by atoms with Gasteiger partial charge in [0.2, 0.25) is 0 Å². The lowest BCUT2D eigenvalue weighted by Gasteiger charge is -2.01. The molecule has 0 saturated carbocycles. The summed E-state index contributed by atoms with van der Waals surface area (Å²) in [5.74, 6) is 0.572. The van der Waals surface area contributed by atoms with Crippen LogP contribution in [-0.2, 0) is 4.79 Å². The molecule has 1 aromatic rings. The molecule has 1 rings (SSSR count). The summed E-state index contributed by atoms with van der Waals surface area (Å²) in [6.07, 6.45) is 0. The van der Waals surface area contributed by atoms with Gasteiger partial charge in [-0.1, -0.05) is 12.1 Å². The van der Waals surface area contributed by atoms with E-state index in [1.807, 2.05) is 0 Å². The van der Waals surface area contributed by atoms with Crippen molar-refractivity contribution >= 4 is 30.1 Å². The van der Waals surface area contributed by atoms with E-state index >= 15 is 0 Å². The zero-order valence-electron chi connectivity index (χ0n) is 7.80. The van der Waals surface area contributed by atoms with Gasteiger partial charge in [0.05, 0.1) is 5.75 Å². The predicted molar refractivity (Wildman–Crippen MR) is 57.7 cm³/mol. The second-order valence-electron chi connectivity index (χ2n) is 2.93. The van der Waals surface area contributed by atoms with Crippen molar-refractivity contribution in [2.45, 2.75) is 11.8 Å². The van der Waals surface area contributed by atoms with Crippen LogP contribution in [0.5, 0.6) is 0 Å². The zero-order valence-corrected chi connectivity index (χ0v) is 8.62. The van der Waals surface area contributed by atoms with Crippen molar-refractivity contribution in [2.24, 2.45) is 0 Å². The van der Waals surface area contributed by atoms with Crippen LogP contribution in [0, 0.1) is 0 Å². The number of benzene rings is 1. The van der Waals surface area contributed by atoms with E-state index < -0.39 is 7.12 Å². The third-order valence-electron chi connectivity index (χ3n) is 1.62. The van der Waals surface area contributed by atoms with E-state index in [1.54, 1.807) is 31.2 Å². The molecular weight excluding hydrogens is 199 g/mol. The molecule has 0 heterocycles. The van der Waals surface area contributed by atoms with Gasteiger partial charge < -0.3 is 10.0 Å². The standard InChI is InChI=1S/C9H11BO3S/c1-7(11)6-14-9-4-2-8(3-5-9)10(12)13/h2-5,12-13H,6H2,1H3. The molecule has 2 N–H and O–H groups in total. The van der Waals surface area contributed by atoms with E-state index in [0.717, 1.165) is 4.90 Å². The molecular formula is C9H11BO3S. The monoisotopic (exact) mass is 210 g/mol. The number of ketones is 1. The normalized spacial score (nSPS) is 9.93. The van der Waals surface area contributed by atoms with Crippen molar-refractivity contribution in [3.63, 3.8) is 0 Å². The number of Topliss-reactive ketones (excluding diaryl/α,β-unsaturated/α-hetero) is 1. The maximum atomic E-state index is 10.7. The van der Waals surface area contributed by atoms with E-state index in [1.165, 1.54) is 11.8 Å². The molecule has 0 radical (unpaired) electrons. The predicted octanol–water partition coefficient (Wildman–Crippen LogP) is 0.0475. The van der Waals surface area contributed by atoms with Crippen molar-refractivity contribution in [2.75, 3.05) is 5.75 Å². The first-order valence-electron chi connectivity index (χ1n) is 4.18. The van der Waals surface area contributed by atoms with Gasteiger partial charge in [0, 0.05) is 4.90 Å². The lowest BCUT2D eigenvalue weighted by molar-refractivity contribution is -0.114. The lowest BCUT2D eigenvalue weighted by Crippen LogP contribution is -2.29. The van der Waals surface area contributed by atoms with Crippen molar-refractivity contribution in [1.29, 1.82) is 0 Å². The van der Waals surface area contributed by atoms with Crippen LogP contribution in [0.2, 0.25) is 0 Å². The van der Waals surface area contributed by atoms with Crippen LogP contribution < -0.4 is 5.46 Å². The summed E-state index contributed by atoms with van der Waals surface area (Å²) in [4.78, 5) is 11.6. The second kappa shape index (κ2) is 5.19. The molecule has 0 aromatic heterocycles. The average Bonchev–Trinajstić information content (AvgIpc) is 2.15. The first-order valence-corrected chi connectivity index (χ1v) is 5.16. The zero-order chi connectivity index (χ0) is 10.6. The SMILES string of the molecule is CC(=O)CSc1ccc(B(O)O)cc1. The maximum absolute atomic E-state index is 10.7. The average molecular weight is 210 g/mol. The highest BCUT2D eigenvalue weighted by Crippen LogP contribution is 2.15. The Morgan fingerprint density at radius 3 is 2.36 bits per heavy atom. The van der Waals surface area contributed by atoms with Gasteiger partial charge >= 0.3 is 7.12 Å². The molecule has 0 fully saturated rings. The summed E-state index contributed by atoms with van der Waals surface area (Å²) in [7, 11) is -1.43. The fourth-order valence-corrected chi connectivity index (χ4v) is 1.62. The number of thioether (sulfide) groups is 1. The minimum atomic E-state index is -1.43. The summed E-state index contributed by atoms with van der Waals surface area (Å²) >= 11 is 1.44. The van der Waals surface area contributed by atoms with Crippen LogP contribution in [0.15, 0.2) is 29.2 Å². The first kappa shape index (κ1) is 11.3. The van der Waals surface area contributed by atoms with Crippen LogP contribution in [0.25, 0.3) is 0 Å². The third kappa shape index (κ3) is 3.53. The van der Waals surface area contributed by atoms with E-state index in [0.29, 0.717) is 11.2 Å². The Bertz CT molecular complexity index is 310. The summed E-state index contributed by atoms with van der Waals surface area (Å²) in [5.41, 5.74) is 0.456. The second-order valence-corrected chi connectivity index (χ2v) is 3.98. The minimum absolute atomic E-state index is 0.126. The van der Waals surface area contributed by atoms with Crippen LogP contribution in [0.1, 0.15) is 6.92 Å². The molecule has 14 heavy (non-hydrogen) atoms. The van der Waals surface area contributed by atoms with Crippen molar-refractivity contribution in [3.05, 3.63) is 24.3 Å². The number of hydrogen-bond acceptors (Lipinski definition) is 4. The molecule has 0 spiro atoms. The maximum Gasteiger partial charge on any atom is 0.488 e. The molecule has 0 unspecified atom stereocenters. The van der Waals surface area contributed by atoms with Gasteiger partial charge in [-0.3, -0.25) is 4.79 Å². The van der Waals surface area contributed by atoms with Gasteiger partial charge in [-0.2, -0.15) is 0 Å². The topological polar surface area (TPSA) is 57.5 Å². The summed E-state index contributed by atoms with van der Waals surface area (Å²) in [5, 5.41) is 17.7. The van der Waals surface area contributed by atoms with Gasteiger partial charge in [0.25, 0.3) is 0 Å². The molecule has 3 nitrogen and oxygen atoms in total. The highest BCUT2D eigenvalue weighted by atomic mass is 32.2. The lowest BCUT2D eigenvalue weighted by atomic mass is 9.81. The van der Waals surface area contributed by atoms with Crippen molar-refractivity contribution < 1.29 is 14.8 Å². The van der Waals surface area contributed by atoms with Crippen LogP contribution >= 0.6 is 11.8 Å². The van der Waals surface area contributed by atoms with Gasteiger partial charge in [0.15, 0.2) is 0 Å². The van der Waals surface area contributed by atoms with Crippen molar-refractivity contribution in [3.8, 4) is 0 Å². The Balaban J connectivity index is 2.59. The van der Waals surface area contributed by atoms with Gasteiger partial charge in [0.1, 0.15) is 5.78 Å². The Morgan fingerprint density at radius 2 is 1.93 bits per heavy atom. The largest absolute Gasteiger partial charge is 0.488 e. The third-order valence-corrected chi connectivity index (χ3v) is 2.78. The molecule has 5 heteroatoms. The van der Waals surface area contributed by atoms with Crippen molar-refractivity contribution in [1.82, 2.24) is 0 Å². The number of carbonyl (C=O) groups excluding carboxylic acids is 1. The summed E-state index contributed by atoms with van der Waals surface area (Å²) in [6.45, 7) is 1.54. The smallest absolute Gasteiger partial charge is 0.423 e. The molecule has 74 valence electrons. The molecule has 0 bridgehead atoms. The van der Waals surface area contributed by atoms with Gasteiger partial charge in [-0.15, -0.1) is 11.8 Å². The molecule has 0 atom stereocenters. The van der Waals surface area contributed by atoms with Crippen LogP contribution in [-0.4, -0.2) is 28.7 Å². The van der Waals surface area contributed by atoms with E-state index in [9.17, 15) is 4.79 Å². The Labute approximate surface area is 87.3 Å². The number of rotatable bonds is 4. The Kier molecular flexibility index (Phi) is 4.19. The molecule has 0 amide bonds. The molecule has 1 aromatic carbocycles. The van der Waals surface area contributed by atoms with Crippen LogP contribution in [0.4, 0.5) is 0 Å². The number of hydrogen-bond donors (Lipinski definition) is 2. The van der Waals surface area contributed by atoms with Crippen LogP contribution in [0.3, 0.4) is 0 Å². The fourth-order valence-electron chi connectivity index (χ4n) is 0.921. The first-order chi connectivity index (χ1) is 6.59. The molecule has 0 aliphatic rings. The molecule has 0 aliphatic heterocycles. The molecule has 0 saturated heterocycles. The number of carbonyl (C=O) groups is 1. The highest BCUT2D eigenvalue weighted by Gasteiger charge is 2.09. The Hall–Kier alpha value is -0.775. The van der Waals surface area contributed by atoms with Gasteiger partial charge in [-0.25, -0.2) is 0 Å². The summed E-state index contributed by atoms with van der Waals surface area (Å²) in [6, 6.07) is 6.80. The minimum Gasteiger partial charge on any atom is -0.423 e. The van der Waals surface area contributed by atoms with Gasteiger partial charge in [-0.05, 0) is 24.5 Å².